The quantitative estimate of drug-likeness (QED) is 0.388. The van der Waals surface area contributed by atoms with Gasteiger partial charge in [0.05, 0.1) is 5.69 Å². The van der Waals surface area contributed by atoms with Crippen LogP contribution in [0, 0.1) is 19.3 Å². The van der Waals surface area contributed by atoms with Crippen molar-refractivity contribution in [2.45, 2.75) is 78.7 Å². The van der Waals surface area contributed by atoms with Crippen LogP contribution in [0.25, 0.3) is 0 Å². The van der Waals surface area contributed by atoms with Gasteiger partial charge in [0.25, 0.3) is 0 Å². The van der Waals surface area contributed by atoms with Crippen LogP contribution >= 0.6 is 24.0 Å². The zero-order valence-corrected chi connectivity index (χ0v) is 19.0. The molecule has 1 saturated heterocycles. The van der Waals surface area contributed by atoms with E-state index in [4.69, 9.17) is 9.41 Å². The molecule has 2 aliphatic rings. The summed E-state index contributed by atoms with van der Waals surface area (Å²) in [5.41, 5.74) is 1.48. The van der Waals surface area contributed by atoms with Crippen LogP contribution in [-0.4, -0.2) is 35.5 Å². The minimum Gasteiger partial charge on any atom is -0.444 e. The van der Waals surface area contributed by atoms with Gasteiger partial charge in [-0.1, -0.05) is 25.7 Å². The smallest absolute Gasteiger partial charge is 0.216 e. The Morgan fingerprint density at radius 1 is 1.15 bits per heavy atom. The van der Waals surface area contributed by atoms with Crippen LogP contribution in [-0.2, 0) is 6.54 Å². The Bertz CT molecular complexity index is 571. The molecule has 5 nitrogen and oxygen atoms in total. The number of rotatable bonds is 3. The number of oxazole rings is 1. The lowest BCUT2D eigenvalue weighted by atomic mass is 9.74. The van der Waals surface area contributed by atoms with Crippen molar-refractivity contribution in [1.29, 1.82) is 0 Å². The molecule has 0 radical (unpaired) electrons. The van der Waals surface area contributed by atoms with Gasteiger partial charge in [0.1, 0.15) is 12.3 Å². The summed E-state index contributed by atoms with van der Waals surface area (Å²) in [7, 11) is 0. The first-order chi connectivity index (χ1) is 12.1. The summed E-state index contributed by atoms with van der Waals surface area (Å²) >= 11 is 0. The predicted octanol–water partition coefficient (Wildman–Crippen LogP) is 4.81. The number of halogens is 1. The average Bonchev–Trinajstić information content (AvgIpc) is 2.79. The van der Waals surface area contributed by atoms with Crippen LogP contribution in [0.2, 0.25) is 0 Å². The first kappa shape index (κ1) is 21.5. The topological polar surface area (TPSA) is 53.7 Å². The number of nitrogens with zero attached hydrogens (tertiary/aromatic N) is 3. The predicted molar refractivity (Wildman–Crippen MR) is 117 cm³/mol. The van der Waals surface area contributed by atoms with E-state index in [1.165, 1.54) is 51.4 Å². The van der Waals surface area contributed by atoms with Gasteiger partial charge in [-0.25, -0.2) is 9.98 Å². The molecular weight excluding hydrogens is 439 g/mol. The van der Waals surface area contributed by atoms with Crippen LogP contribution in [0.5, 0.6) is 0 Å². The lowest BCUT2D eigenvalue weighted by Crippen LogP contribution is -2.50. The van der Waals surface area contributed by atoms with Crippen molar-refractivity contribution >= 4 is 29.9 Å². The Morgan fingerprint density at radius 3 is 2.46 bits per heavy atom. The lowest BCUT2D eigenvalue weighted by Gasteiger charge is -2.44. The van der Waals surface area contributed by atoms with Crippen LogP contribution in [0.4, 0.5) is 0 Å². The second-order valence-corrected chi connectivity index (χ2v) is 7.86. The Balaban J connectivity index is 0.00000243. The van der Waals surface area contributed by atoms with Gasteiger partial charge in [-0.3, -0.25) is 0 Å². The molecule has 1 aliphatic carbocycles. The molecule has 1 spiro atoms. The third-order valence-corrected chi connectivity index (χ3v) is 5.90. The SMILES string of the molecule is CCNC(=NCc1nc(C)c(C)o1)N1CCCC2(CCCCCC2)C1.I. The largest absolute Gasteiger partial charge is 0.444 e. The number of aromatic nitrogens is 1. The zero-order chi connectivity index (χ0) is 17.7. The number of nitrogens with one attached hydrogen (secondary N) is 1. The lowest BCUT2D eigenvalue weighted by molar-refractivity contribution is 0.115. The highest BCUT2D eigenvalue weighted by atomic mass is 127. The summed E-state index contributed by atoms with van der Waals surface area (Å²) in [6.07, 6.45) is 11.1. The third kappa shape index (κ3) is 5.36. The molecule has 1 aromatic rings. The fraction of sp³-hybridized carbons (Fsp3) is 0.800. The average molecular weight is 474 g/mol. The molecule has 0 amide bonds. The first-order valence-corrected chi connectivity index (χ1v) is 10.1. The highest BCUT2D eigenvalue weighted by Gasteiger charge is 2.36. The Hall–Kier alpha value is -0.790. The van der Waals surface area contributed by atoms with Gasteiger partial charge in [-0.2, -0.15) is 0 Å². The molecule has 0 unspecified atom stereocenters. The number of aliphatic imine (C=N–C) groups is 1. The van der Waals surface area contributed by atoms with E-state index in [1.54, 1.807) is 0 Å². The zero-order valence-electron chi connectivity index (χ0n) is 16.6. The fourth-order valence-electron chi connectivity index (χ4n) is 4.45. The Morgan fingerprint density at radius 2 is 1.85 bits per heavy atom. The molecule has 0 atom stereocenters. The van der Waals surface area contributed by atoms with Crippen LogP contribution in [0.1, 0.15) is 75.6 Å². The molecule has 0 bridgehead atoms. The van der Waals surface area contributed by atoms with E-state index >= 15 is 0 Å². The molecule has 1 saturated carbocycles. The van der Waals surface area contributed by atoms with Gasteiger partial charge in [0, 0.05) is 19.6 Å². The van der Waals surface area contributed by atoms with Gasteiger partial charge >= 0.3 is 0 Å². The van der Waals surface area contributed by atoms with Crippen molar-refractivity contribution in [3.63, 3.8) is 0 Å². The van der Waals surface area contributed by atoms with Gasteiger partial charge in [0.15, 0.2) is 5.96 Å². The monoisotopic (exact) mass is 474 g/mol. The third-order valence-electron chi connectivity index (χ3n) is 5.90. The molecule has 26 heavy (non-hydrogen) atoms. The molecule has 0 aromatic carbocycles. The van der Waals surface area contributed by atoms with Crippen molar-refractivity contribution in [3.8, 4) is 0 Å². The molecule has 3 rings (SSSR count). The maximum absolute atomic E-state index is 5.69. The molecule has 2 fully saturated rings. The molecule has 6 heteroatoms. The van der Waals surface area contributed by atoms with Crippen molar-refractivity contribution in [2.24, 2.45) is 10.4 Å². The van der Waals surface area contributed by atoms with E-state index in [-0.39, 0.29) is 24.0 Å². The van der Waals surface area contributed by atoms with E-state index in [0.717, 1.165) is 37.0 Å². The molecular formula is C20H35IN4O. The maximum atomic E-state index is 5.69. The summed E-state index contributed by atoms with van der Waals surface area (Å²) in [4.78, 5) is 11.8. The molecule has 2 heterocycles. The number of guanidine groups is 1. The standard InChI is InChI=1S/C20H34N4O.HI/c1-4-21-19(22-14-18-23-16(2)17(3)25-18)24-13-9-12-20(15-24)10-7-5-6-8-11-20;/h4-15H2,1-3H3,(H,21,22);1H. The Kier molecular flexibility index (Phi) is 8.23. The summed E-state index contributed by atoms with van der Waals surface area (Å²) in [5, 5.41) is 3.49. The molecule has 1 aromatic heterocycles. The van der Waals surface area contributed by atoms with Crippen LogP contribution in [0.15, 0.2) is 9.41 Å². The summed E-state index contributed by atoms with van der Waals surface area (Å²) < 4.78 is 5.69. The Labute approximate surface area is 175 Å². The molecule has 148 valence electrons. The highest BCUT2D eigenvalue weighted by molar-refractivity contribution is 14.0. The summed E-state index contributed by atoms with van der Waals surface area (Å²) in [6.45, 7) is 9.76. The first-order valence-electron chi connectivity index (χ1n) is 10.1. The number of piperidine rings is 1. The highest BCUT2D eigenvalue weighted by Crippen LogP contribution is 2.42. The van der Waals surface area contributed by atoms with E-state index in [2.05, 4.69) is 22.1 Å². The molecule has 1 N–H and O–H groups in total. The summed E-state index contributed by atoms with van der Waals surface area (Å²) in [5.74, 6) is 2.64. The number of aryl methyl sites for hydroxylation is 2. The number of hydrogen-bond acceptors (Lipinski definition) is 3. The van der Waals surface area contributed by atoms with Gasteiger partial charge in [0.2, 0.25) is 5.89 Å². The van der Waals surface area contributed by atoms with E-state index in [1.807, 2.05) is 13.8 Å². The van der Waals surface area contributed by atoms with Crippen molar-refractivity contribution in [3.05, 3.63) is 17.3 Å². The van der Waals surface area contributed by atoms with Crippen LogP contribution < -0.4 is 5.32 Å². The maximum Gasteiger partial charge on any atom is 0.216 e. The normalized spacial score (nSPS) is 20.6. The summed E-state index contributed by atoms with van der Waals surface area (Å²) in [6, 6.07) is 0. The van der Waals surface area contributed by atoms with E-state index in [0.29, 0.717) is 17.9 Å². The fourth-order valence-corrected chi connectivity index (χ4v) is 4.45. The van der Waals surface area contributed by atoms with Gasteiger partial charge < -0.3 is 14.6 Å². The number of likely N-dealkylation sites (tertiary alicyclic amines) is 1. The minimum absolute atomic E-state index is 0. The van der Waals surface area contributed by atoms with Crippen molar-refractivity contribution < 1.29 is 4.42 Å². The van der Waals surface area contributed by atoms with Gasteiger partial charge in [-0.15, -0.1) is 24.0 Å². The second-order valence-electron chi connectivity index (χ2n) is 7.86. The van der Waals surface area contributed by atoms with Gasteiger partial charge in [-0.05, 0) is 51.9 Å². The molecule has 1 aliphatic heterocycles. The van der Waals surface area contributed by atoms with Crippen molar-refractivity contribution in [2.75, 3.05) is 19.6 Å². The second kappa shape index (κ2) is 9.95. The minimum atomic E-state index is 0. The van der Waals surface area contributed by atoms with Crippen LogP contribution in [0.3, 0.4) is 0 Å². The number of hydrogen-bond donors (Lipinski definition) is 1. The van der Waals surface area contributed by atoms with E-state index < -0.39 is 0 Å². The van der Waals surface area contributed by atoms with Crippen molar-refractivity contribution in [1.82, 2.24) is 15.2 Å². The van der Waals surface area contributed by atoms with E-state index in [9.17, 15) is 0 Å².